The molecule has 34 heavy (non-hydrogen) atoms. The Bertz CT molecular complexity index is 1350. The number of amides is 1. The van der Waals surface area contributed by atoms with Crippen LogP contribution in [0.5, 0.6) is 0 Å². The lowest BCUT2D eigenvalue weighted by molar-refractivity contribution is -0.138. The highest BCUT2D eigenvalue weighted by Gasteiger charge is 2.35. The first-order valence-corrected chi connectivity index (χ1v) is 10.3. The molecule has 1 amide bonds. The predicted molar refractivity (Wildman–Crippen MR) is 123 cm³/mol. The first-order chi connectivity index (χ1) is 16.3. The van der Waals surface area contributed by atoms with Crippen LogP contribution in [0.2, 0.25) is 0 Å². The monoisotopic (exact) mass is 466 g/mol. The number of nitrogens with two attached hydrogens (primary N) is 1. The molecule has 10 heteroatoms. The lowest BCUT2D eigenvalue weighted by Gasteiger charge is -2.17. The summed E-state index contributed by atoms with van der Waals surface area (Å²) in [4.78, 5) is 22.0. The summed E-state index contributed by atoms with van der Waals surface area (Å²) in [6, 6.07) is 12.7. The molecule has 3 aromatic heterocycles. The van der Waals surface area contributed by atoms with Gasteiger partial charge in [-0.15, -0.1) is 0 Å². The number of halogens is 3. The van der Waals surface area contributed by atoms with Gasteiger partial charge < -0.3 is 16.4 Å². The molecule has 4 rings (SSSR count). The Labute approximate surface area is 193 Å². The number of benzene rings is 1. The largest absolute Gasteiger partial charge is 0.416 e. The number of alkyl halides is 3. The number of hydrogen-bond donors (Lipinski definition) is 3. The summed E-state index contributed by atoms with van der Waals surface area (Å²) < 4.78 is 42.4. The van der Waals surface area contributed by atoms with Crippen molar-refractivity contribution in [3.8, 4) is 11.4 Å². The molecule has 4 aromatic rings. The Morgan fingerprint density at radius 3 is 2.65 bits per heavy atom. The maximum absolute atomic E-state index is 13.6. The maximum atomic E-state index is 13.6. The van der Waals surface area contributed by atoms with Crippen LogP contribution in [0, 0.1) is 0 Å². The summed E-state index contributed by atoms with van der Waals surface area (Å²) in [5.74, 6) is -0.261. The van der Waals surface area contributed by atoms with Gasteiger partial charge in [0.2, 0.25) is 0 Å². The van der Waals surface area contributed by atoms with Gasteiger partial charge in [-0.25, -0.2) is 4.98 Å². The normalized spacial score (nSPS) is 12.7. The molecule has 0 aliphatic heterocycles. The van der Waals surface area contributed by atoms with E-state index in [1.54, 1.807) is 60.2 Å². The number of carbonyl (C=O) groups is 1. The van der Waals surface area contributed by atoms with E-state index in [1.165, 1.54) is 12.3 Å². The minimum absolute atomic E-state index is 0.0224. The van der Waals surface area contributed by atoms with Gasteiger partial charge in [0.25, 0.3) is 5.91 Å². The quantitative estimate of drug-likeness (QED) is 0.391. The highest BCUT2D eigenvalue weighted by atomic mass is 19.4. The number of anilines is 1. The number of aromatic nitrogens is 3. The first kappa shape index (κ1) is 23.0. The average Bonchev–Trinajstić information content (AvgIpc) is 3.20. The molecular weight excluding hydrogens is 445 g/mol. The van der Waals surface area contributed by atoms with Crippen LogP contribution in [0.25, 0.3) is 17.0 Å². The van der Waals surface area contributed by atoms with Gasteiger partial charge in [-0.05, 0) is 60.3 Å². The first-order valence-electron chi connectivity index (χ1n) is 10.3. The van der Waals surface area contributed by atoms with E-state index in [0.717, 1.165) is 18.2 Å². The minimum atomic E-state index is -4.62. The van der Waals surface area contributed by atoms with Gasteiger partial charge in [-0.2, -0.15) is 13.2 Å². The zero-order valence-electron chi connectivity index (χ0n) is 18.0. The molecule has 174 valence electrons. The van der Waals surface area contributed by atoms with Crippen molar-refractivity contribution in [1.82, 2.24) is 19.7 Å². The highest BCUT2D eigenvalue weighted by Crippen LogP contribution is 2.35. The van der Waals surface area contributed by atoms with Crippen molar-refractivity contribution in [1.29, 1.82) is 0 Å². The number of imidazole rings is 1. The lowest BCUT2D eigenvalue weighted by Crippen LogP contribution is -2.19. The average molecular weight is 466 g/mol. The zero-order chi connectivity index (χ0) is 24.3. The molecular formula is C24H21F3N6O. The molecule has 0 fully saturated rings. The number of fused-ring (bicyclic) bond motifs is 1. The van der Waals surface area contributed by atoms with Crippen molar-refractivity contribution < 1.29 is 18.0 Å². The smallest absolute Gasteiger partial charge is 0.394 e. The molecule has 0 saturated carbocycles. The lowest BCUT2D eigenvalue weighted by atomic mass is 9.97. The second kappa shape index (κ2) is 9.36. The summed E-state index contributed by atoms with van der Waals surface area (Å²) >= 11 is 0. The Morgan fingerprint density at radius 2 is 1.94 bits per heavy atom. The van der Waals surface area contributed by atoms with Gasteiger partial charge in [0.1, 0.15) is 17.2 Å². The molecule has 0 radical (unpaired) electrons. The summed E-state index contributed by atoms with van der Waals surface area (Å²) in [7, 11) is 1.60. The second-order valence-electron chi connectivity index (χ2n) is 7.38. The number of nitrogens with zero attached hydrogens (tertiary/aromatic N) is 3. The summed E-state index contributed by atoms with van der Waals surface area (Å²) in [6.07, 6.45) is 1.53. The van der Waals surface area contributed by atoms with Crippen molar-refractivity contribution in [3.05, 3.63) is 96.0 Å². The number of nitrogens with one attached hydrogen (secondary N) is 2. The van der Waals surface area contributed by atoms with Crippen molar-refractivity contribution in [2.45, 2.75) is 12.2 Å². The summed E-state index contributed by atoms with van der Waals surface area (Å²) in [5, 5.41) is 5.48. The maximum Gasteiger partial charge on any atom is 0.416 e. The molecule has 0 saturated heterocycles. The van der Waals surface area contributed by atoms with Crippen LogP contribution in [0.3, 0.4) is 0 Å². The Morgan fingerprint density at radius 1 is 1.15 bits per heavy atom. The van der Waals surface area contributed by atoms with Crippen molar-refractivity contribution in [3.63, 3.8) is 0 Å². The molecule has 1 aromatic carbocycles. The van der Waals surface area contributed by atoms with E-state index in [9.17, 15) is 18.0 Å². The van der Waals surface area contributed by atoms with Crippen molar-refractivity contribution in [2.24, 2.45) is 5.73 Å². The molecule has 0 bridgehead atoms. The standard InChI is InChI=1S/C24H21F3N6O/c1-29-12-10-18(28)16-14-15(8-9-17(16)24(25,26)27)23(34)32-22-21(19-6-2-4-11-30-19)31-20-7-3-5-13-33(20)22/h2-14,18,29H,28H2,1H3,(H,32,34)/b12-10-. The number of pyridine rings is 2. The van der Waals surface area contributed by atoms with Crippen LogP contribution < -0.4 is 16.4 Å². The molecule has 1 unspecified atom stereocenters. The van der Waals surface area contributed by atoms with Gasteiger partial charge in [0, 0.05) is 25.0 Å². The van der Waals surface area contributed by atoms with Crippen LogP contribution in [-0.2, 0) is 6.18 Å². The van der Waals surface area contributed by atoms with Crippen LogP contribution in [0.15, 0.2) is 79.3 Å². The third kappa shape index (κ3) is 4.62. The van der Waals surface area contributed by atoms with Gasteiger partial charge in [-0.3, -0.25) is 14.2 Å². The third-order valence-corrected chi connectivity index (χ3v) is 5.12. The Balaban J connectivity index is 1.76. The fourth-order valence-corrected chi connectivity index (χ4v) is 3.52. The fourth-order valence-electron chi connectivity index (χ4n) is 3.52. The highest BCUT2D eigenvalue weighted by molar-refractivity contribution is 6.05. The molecule has 4 N–H and O–H groups in total. The SMILES string of the molecule is CN/C=C\C(N)c1cc(C(=O)Nc2c(-c3ccccn3)nc3ccccn23)ccc1C(F)(F)F. The van der Waals surface area contributed by atoms with E-state index in [4.69, 9.17) is 5.73 Å². The van der Waals surface area contributed by atoms with Gasteiger partial charge in [0.15, 0.2) is 0 Å². The topological polar surface area (TPSA) is 97.3 Å². The van der Waals surface area contributed by atoms with Crippen LogP contribution >= 0.6 is 0 Å². The number of rotatable bonds is 6. The van der Waals surface area contributed by atoms with Crippen LogP contribution in [0.1, 0.15) is 27.5 Å². The van der Waals surface area contributed by atoms with Crippen molar-refractivity contribution in [2.75, 3.05) is 12.4 Å². The van der Waals surface area contributed by atoms with Crippen LogP contribution in [-0.4, -0.2) is 27.3 Å². The van der Waals surface area contributed by atoms with E-state index in [-0.39, 0.29) is 11.1 Å². The molecule has 3 heterocycles. The van der Waals surface area contributed by atoms with Crippen molar-refractivity contribution >= 4 is 17.4 Å². The Hall–Kier alpha value is -4.18. The summed E-state index contributed by atoms with van der Waals surface area (Å²) in [6.45, 7) is 0. The summed E-state index contributed by atoms with van der Waals surface area (Å²) in [5.41, 5.74) is 6.43. The Kier molecular flexibility index (Phi) is 6.33. The van der Waals surface area contributed by atoms with E-state index < -0.39 is 23.7 Å². The van der Waals surface area contributed by atoms with Gasteiger partial charge in [-0.1, -0.05) is 12.1 Å². The van der Waals surface area contributed by atoms with Crippen LogP contribution in [0.4, 0.5) is 19.0 Å². The van der Waals surface area contributed by atoms with E-state index in [0.29, 0.717) is 22.9 Å². The molecule has 0 aliphatic carbocycles. The molecule has 1 atom stereocenters. The van der Waals surface area contributed by atoms with E-state index in [1.807, 2.05) is 0 Å². The van der Waals surface area contributed by atoms with E-state index in [2.05, 4.69) is 20.6 Å². The van der Waals surface area contributed by atoms with Gasteiger partial charge >= 0.3 is 6.18 Å². The van der Waals surface area contributed by atoms with Gasteiger partial charge in [0.05, 0.1) is 17.3 Å². The molecule has 0 spiro atoms. The second-order valence-corrected chi connectivity index (χ2v) is 7.38. The molecule has 7 nitrogen and oxygen atoms in total. The molecule has 0 aliphatic rings. The number of carbonyl (C=O) groups excluding carboxylic acids is 1. The number of hydrogen-bond acceptors (Lipinski definition) is 5. The predicted octanol–water partition coefficient (Wildman–Crippen LogP) is 4.40. The minimum Gasteiger partial charge on any atom is -0.394 e. The van der Waals surface area contributed by atoms with E-state index >= 15 is 0 Å². The fraction of sp³-hybridized carbons (Fsp3) is 0.125. The zero-order valence-corrected chi connectivity index (χ0v) is 18.0. The third-order valence-electron chi connectivity index (χ3n) is 5.12.